The molecule has 3 N–H and O–H groups in total. The van der Waals surface area contributed by atoms with Gasteiger partial charge in [0.05, 0.1) is 5.02 Å². The standard InChI is InChI=1S/C10H11ClN2O2/c1-2-12-9-5-3-6(11)8(14)4-7(5)13-10(9)15/h3-4,9,12,14H,2H2,1H3,(H,13,15). The van der Waals surface area contributed by atoms with E-state index in [1.807, 2.05) is 6.92 Å². The van der Waals surface area contributed by atoms with E-state index in [2.05, 4.69) is 10.6 Å². The summed E-state index contributed by atoms with van der Waals surface area (Å²) in [5.74, 6) is -0.138. The van der Waals surface area contributed by atoms with Crippen molar-refractivity contribution < 1.29 is 9.90 Å². The maximum atomic E-state index is 11.5. The SMILES string of the molecule is CCNC1C(=O)Nc2cc(O)c(Cl)cc21. The zero-order valence-corrected chi connectivity index (χ0v) is 8.93. The van der Waals surface area contributed by atoms with Crippen LogP contribution in [-0.4, -0.2) is 17.6 Å². The molecule has 0 spiro atoms. The van der Waals surface area contributed by atoms with Crippen molar-refractivity contribution in [3.05, 3.63) is 22.7 Å². The number of phenols is 1. The lowest BCUT2D eigenvalue weighted by Gasteiger charge is -2.09. The van der Waals surface area contributed by atoms with E-state index in [0.29, 0.717) is 12.2 Å². The van der Waals surface area contributed by atoms with Crippen LogP contribution >= 0.6 is 11.6 Å². The Morgan fingerprint density at radius 2 is 2.33 bits per heavy atom. The second-order valence-electron chi connectivity index (χ2n) is 3.37. The van der Waals surface area contributed by atoms with Gasteiger partial charge >= 0.3 is 0 Å². The minimum Gasteiger partial charge on any atom is -0.506 e. The Balaban J connectivity index is 2.44. The number of carbonyl (C=O) groups is 1. The van der Waals surface area contributed by atoms with Gasteiger partial charge in [-0.1, -0.05) is 18.5 Å². The number of amides is 1. The van der Waals surface area contributed by atoms with Gasteiger partial charge in [0.1, 0.15) is 11.8 Å². The quantitative estimate of drug-likeness (QED) is 0.719. The molecular weight excluding hydrogens is 216 g/mol. The fourth-order valence-corrected chi connectivity index (χ4v) is 1.85. The number of nitrogens with one attached hydrogen (secondary N) is 2. The van der Waals surface area contributed by atoms with E-state index in [1.54, 1.807) is 6.07 Å². The van der Waals surface area contributed by atoms with Crippen LogP contribution in [0.1, 0.15) is 18.5 Å². The third-order valence-corrected chi connectivity index (χ3v) is 2.66. The monoisotopic (exact) mass is 226 g/mol. The Bertz CT molecular complexity index is 420. The van der Waals surface area contributed by atoms with Crippen molar-refractivity contribution in [3.63, 3.8) is 0 Å². The van der Waals surface area contributed by atoms with Crippen molar-refractivity contribution in [3.8, 4) is 5.75 Å². The van der Waals surface area contributed by atoms with Gasteiger partial charge in [-0.3, -0.25) is 4.79 Å². The molecular formula is C10H11ClN2O2. The Morgan fingerprint density at radius 3 is 3.00 bits per heavy atom. The summed E-state index contributed by atoms with van der Waals surface area (Å²) in [6.07, 6.45) is 0. The van der Waals surface area contributed by atoms with Crippen LogP contribution in [0, 0.1) is 0 Å². The summed E-state index contributed by atoms with van der Waals surface area (Å²) in [6.45, 7) is 2.61. The predicted molar refractivity (Wildman–Crippen MR) is 58.2 cm³/mol. The molecule has 5 heteroatoms. The first-order valence-electron chi connectivity index (χ1n) is 4.70. The van der Waals surface area contributed by atoms with Gasteiger partial charge in [0.15, 0.2) is 0 Å². The number of anilines is 1. The van der Waals surface area contributed by atoms with Crippen LogP contribution in [0.25, 0.3) is 0 Å². The van der Waals surface area contributed by atoms with Crippen molar-refractivity contribution in [1.82, 2.24) is 5.32 Å². The summed E-state index contributed by atoms with van der Waals surface area (Å²) < 4.78 is 0. The molecule has 80 valence electrons. The summed E-state index contributed by atoms with van der Waals surface area (Å²) >= 11 is 5.79. The molecule has 1 aliphatic heterocycles. The van der Waals surface area contributed by atoms with E-state index in [0.717, 1.165) is 5.56 Å². The molecule has 15 heavy (non-hydrogen) atoms. The Kier molecular flexibility index (Phi) is 2.54. The number of benzene rings is 1. The second-order valence-corrected chi connectivity index (χ2v) is 3.78. The van der Waals surface area contributed by atoms with Crippen LogP contribution in [0.15, 0.2) is 12.1 Å². The molecule has 1 aromatic carbocycles. The van der Waals surface area contributed by atoms with Gasteiger partial charge in [-0.2, -0.15) is 0 Å². The van der Waals surface area contributed by atoms with Gasteiger partial charge in [-0.15, -0.1) is 0 Å². The topological polar surface area (TPSA) is 61.4 Å². The van der Waals surface area contributed by atoms with Gasteiger partial charge in [-0.05, 0) is 12.6 Å². The summed E-state index contributed by atoms with van der Waals surface area (Å²) in [6, 6.07) is 2.70. The maximum absolute atomic E-state index is 11.5. The fraction of sp³-hybridized carbons (Fsp3) is 0.300. The molecule has 1 aromatic rings. The van der Waals surface area contributed by atoms with Gasteiger partial charge < -0.3 is 15.7 Å². The lowest BCUT2D eigenvalue weighted by molar-refractivity contribution is -0.117. The zero-order chi connectivity index (χ0) is 11.0. The van der Waals surface area contributed by atoms with E-state index >= 15 is 0 Å². The second kappa shape index (κ2) is 3.72. The molecule has 0 aromatic heterocycles. The predicted octanol–water partition coefficient (Wildman–Crippen LogP) is 1.65. The molecule has 1 heterocycles. The molecule has 0 bridgehead atoms. The number of aromatic hydroxyl groups is 1. The lowest BCUT2D eigenvalue weighted by atomic mass is 10.1. The third-order valence-electron chi connectivity index (χ3n) is 2.36. The summed E-state index contributed by atoms with van der Waals surface area (Å²) in [7, 11) is 0. The maximum Gasteiger partial charge on any atom is 0.246 e. The number of phenolic OH excluding ortho intramolecular Hbond substituents is 1. The smallest absolute Gasteiger partial charge is 0.246 e. The Morgan fingerprint density at radius 1 is 1.60 bits per heavy atom. The van der Waals surface area contributed by atoms with Gasteiger partial charge in [0.25, 0.3) is 0 Å². The minimum absolute atomic E-state index is 0.0205. The molecule has 0 radical (unpaired) electrons. The molecule has 0 aliphatic carbocycles. The van der Waals surface area contributed by atoms with E-state index < -0.39 is 0 Å². The van der Waals surface area contributed by atoms with Crippen molar-refractivity contribution >= 4 is 23.2 Å². The summed E-state index contributed by atoms with van der Waals surface area (Å²) in [4.78, 5) is 11.5. The van der Waals surface area contributed by atoms with Gasteiger partial charge in [0, 0.05) is 17.3 Å². The van der Waals surface area contributed by atoms with Crippen molar-refractivity contribution in [2.75, 3.05) is 11.9 Å². The van der Waals surface area contributed by atoms with Crippen LogP contribution < -0.4 is 10.6 Å². The van der Waals surface area contributed by atoms with Crippen molar-refractivity contribution in [1.29, 1.82) is 0 Å². The van der Waals surface area contributed by atoms with E-state index in [1.165, 1.54) is 6.07 Å². The molecule has 4 nitrogen and oxygen atoms in total. The highest BCUT2D eigenvalue weighted by Gasteiger charge is 2.30. The summed E-state index contributed by atoms with van der Waals surface area (Å²) in [5.41, 5.74) is 1.40. The molecule has 0 fully saturated rings. The first-order valence-corrected chi connectivity index (χ1v) is 5.08. The number of hydrogen-bond acceptors (Lipinski definition) is 3. The minimum atomic E-state index is -0.372. The number of fused-ring (bicyclic) bond motifs is 1. The zero-order valence-electron chi connectivity index (χ0n) is 8.17. The Labute approximate surface area is 92.2 Å². The molecule has 1 aliphatic rings. The number of hydrogen-bond donors (Lipinski definition) is 3. The molecule has 0 saturated carbocycles. The first-order chi connectivity index (χ1) is 7.13. The lowest BCUT2D eigenvalue weighted by Crippen LogP contribution is -2.27. The van der Waals surface area contributed by atoms with Gasteiger partial charge in [-0.25, -0.2) is 0 Å². The van der Waals surface area contributed by atoms with Crippen LogP contribution in [0.5, 0.6) is 5.75 Å². The molecule has 1 atom stereocenters. The van der Waals surface area contributed by atoms with E-state index in [4.69, 9.17) is 11.6 Å². The highest BCUT2D eigenvalue weighted by atomic mass is 35.5. The van der Waals surface area contributed by atoms with Crippen molar-refractivity contribution in [2.24, 2.45) is 0 Å². The molecule has 1 unspecified atom stereocenters. The number of carbonyl (C=O) groups excluding carboxylic acids is 1. The Hall–Kier alpha value is -1.26. The first kappa shape index (κ1) is 10.3. The molecule has 0 saturated heterocycles. The largest absolute Gasteiger partial charge is 0.506 e. The van der Waals surface area contributed by atoms with Crippen LogP contribution in [0.4, 0.5) is 5.69 Å². The number of likely N-dealkylation sites (N-methyl/N-ethyl adjacent to an activating group) is 1. The highest BCUT2D eigenvalue weighted by Crippen LogP contribution is 2.37. The normalized spacial score (nSPS) is 18.8. The van der Waals surface area contributed by atoms with Gasteiger partial charge in [0.2, 0.25) is 5.91 Å². The fourth-order valence-electron chi connectivity index (χ4n) is 1.68. The molecule has 2 rings (SSSR count). The average molecular weight is 227 g/mol. The highest BCUT2D eigenvalue weighted by molar-refractivity contribution is 6.32. The van der Waals surface area contributed by atoms with Crippen LogP contribution in [-0.2, 0) is 4.79 Å². The number of rotatable bonds is 2. The average Bonchev–Trinajstić information content (AvgIpc) is 2.46. The summed E-state index contributed by atoms with van der Waals surface area (Å²) in [5, 5.41) is 15.4. The van der Waals surface area contributed by atoms with Crippen LogP contribution in [0.2, 0.25) is 5.02 Å². The number of halogens is 1. The van der Waals surface area contributed by atoms with E-state index in [9.17, 15) is 9.90 Å². The van der Waals surface area contributed by atoms with Crippen molar-refractivity contribution in [2.45, 2.75) is 13.0 Å². The van der Waals surface area contributed by atoms with Crippen LogP contribution in [0.3, 0.4) is 0 Å². The third kappa shape index (κ3) is 1.66. The van der Waals surface area contributed by atoms with E-state index in [-0.39, 0.29) is 22.7 Å². The molecule has 1 amide bonds.